The summed E-state index contributed by atoms with van der Waals surface area (Å²) in [6, 6.07) is 18.7. The fourth-order valence-corrected chi connectivity index (χ4v) is 2.59. The number of aromatic amines is 1. The molecule has 0 atom stereocenters. The summed E-state index contributed by atoms with van der Waals surface area (Å²) in [6.07, 6.45) is 0. The van der Waals surface area contributed by atoms with E-state index in [9.17, 15) is 9.59 Å². The molecule has 0 bridgehead atoms. The van der Waals surface area contributed by atoms with Crippen LogP contribution in [0.3, 0.4) is 0 Å². The van der Waals surface area contributed by atoms with Crippen LogP contribution in [0.25, 0.3) is 0 Å². The number of para-hydroxylation sites is 1. The molecule has 6 nitrogen and oxygen atoms in total. The van der Waals surface area contributed by atoms with Crippen molar-refractivity contribution in [3.63, 3.8) is 0 Å². The standard InChI is InChI=1S/C18H18N4O2/c1-21(14-10-6-3-7-11-14)15-16(19)20-18(24)22(17(15)23)12-13-8-4-2-5-9-13/h2-11H,12,19H2,1H3,(H,20,24). The minimum absolute atomic E-state index is 0.0562. The van der Waals surface area contributed by atoms with E-state index in [0.29, 0.717) is 0 Å². The van der Waals surface area contributed by atoms with Crippen LogP contribution in [0, 0.1) is 0 Å². The van der Waals surface area contributed by atoms with Gasteiger partial charge in [0.15, 0.2) is 0 Å². The third kappa shape index (κ3) is 2.94. The number of H-pyrrole nitrogens is 1. The largest absolute Gasteiger partial charge is 0.383 e. The zero-order valence-corrected chi connectivity index (χ0v) is 13.3. The molecule has 3 rings (SSSR count). The van der Waals surface area contributed by atoms with Crippen molar-refractivity contribution in [3.8, 4) is 0 Å². The Balaban J connectivity index is 2.10. The molecule has 1 aromatic heterocycles. The van der Waals surface area contributed by atoms with Crippen LogP contribution >= 0.6 is 0 Å². The molecule has 0 radical (unpaired) electrons. The zero-order chi connectivity index (χ0) is 17.1. The molecule has 3 aromatic rings. The molecule has 0 aliphatic rings. The molecule has 1 heterocycles. The van der Waals surface area contributed by atoms with E-state index in [4.69, 9.17) is 5.73 Å². The van der Waals surface area contributed by atoms with Gasteiger partial charge in [-0.1, -0.05) is 48.5 Å². The first-order valence-electron chi connectivity index (χ1n) is 7.53. The van der Waals surface area contributed by atoms with Crippen molar-refractivity contribution in [1.29, 1.82) is 0 Å². The van der Waals surface area contributed by atoms with Gasteiger partial charge < -0.3 is 10.6 Å². The van der Waals surface area contributed by atoms with Gasteiger partial charge in [-0.3, -0.25) is 14.3 Å². The average molecular weight is 322 g/mol. The van der Waals surface area contributed by atoms with E-state index in [1.165, 1.54) is 0 Å². The number of aromatic nitrogens is 2. The van der Waals surface area contributed by atoms with Gasteiger partial charge in [0.25, 0.3) is 5.56 Å². The predicted molar refractivity (Wildman–Crippen MR) is 95.8 cm³/mol. The second-order valence-corrected chi connectivity index (χ2v) is 5.46. The van der Waals surface area contributed by atoms with Gasteiger partial charge in [-0.15, -0.1) is 0 Å². The number of nitrogen functional groups attached to an aromatic ring is 1. The number of hydrogen-bond acceptors (Lipinski definition) is 4. The van der Waals surface area contributed by atoms with Crippen molar-refractivity contribution < 1.29 is 0 Å². The molecule has 6 heteroatoms. The van der Waals surface area contributed by atoms with Crippen molar-refractivity contribution in [2.24, 2.45) is 0 Å². The Labute approximate surface area is 138 Å². The highest BCUT2D eigenvalue weighted by atomic mass is 16.2. The highest BCUT2D eigenvalue weighted by Crippen LogP contribution is 2.23. The summed E-state index contributed by atoms with van der Waals surface area (Å²) in [6.45, 7) is 0.185. The molecule has 2 aromatic carbocycles. The fourth-order valence-electron chi connectivity index (χ4n) is 2.59. The van der Waals surface area contributed by atoms with E-state index in [1.807, 2.05) is 60.7 Å². The molecule has 0 unspecified atom stereocenters. The smallest absolute Gasteiger partial charge is 0.330 e. The normalized spacial score (nSPS) is 10.5. The maximum atomic E-state index is 12.9. The van der Waals surface area contributed by atoms with E-state index in [1.54, 1.807) is 11.9 Å². The number of nitrogens with zero attached hydrogens (tertiary/aromatic N) is 2. The van der Waals surface area contributed by atoms with Crippen LogP contribution in [0.4, 0.5) is 17.2 Å². The predicted octanol–water partition coefficient (Wildman–Crippen LogP) is 1.93. The van der Waals surface area contributed by atoms with E-state index >= 15 is 0 Å². The van der Waals surface area contributed by atoms with Crippen LogP contribution in [0.1, 0.15) is 5.56 Å². The molecule has 0 aliphatic carbocycles. The summed E-state index contributed by atoms with van der Waals surface area (Å²) in [5, 5.41) is 0. The maximum Gasteiger partial charge on any atom is 0.330 e. The second-order valence-electron chi connectivity index (χ2n) is 5.46. The lowest BCUT2D eigenvalue weighted by Crippen LogP contribution is -2.39. The van der Waals surface area contributed by atoms with Crippen LogP contribution in [0.2, 0.25) is 0 Å². The summed E-state index contributed by atoms with van der Waals surface area (Å²) in [4.78, 5) is 29.3. The first kappa shape index (κ1) is 15.6. The molecule has 0 saturated carbocycles. The van der Waals surface area contributed by atoms with Crippen LogP contribution in [-0.4, -0.2) is 16.6 Å². The lowest BCUT2D eigenvalue weighted by Gasteiger charge is -2.21. The zero-order valence-electron chi connectivity index (χ0n) is 13.3. The molecule has 0 fully saturated rings. The monoisotopic (exact) mass is 322 g/mol. The fraction of sp³-hybridized carbons (Fsp3) is 0.111. The summed E-state index contributed by atoms with van der Waals surface area (Å²) in [5.74, 6) is 0.0562. The summed E-state index contributed by atoms with van der Waals surface area (Å²) >= 11 is 0. The molecular formula is C18H18N4O2. The average Bonchev–Trinajstić information content (AvgIpc) is 2.60. The highest BCUT2D eigenvalue weighted by Gasteiger charge is 2.17. The third-order valence-electron chi connectivity index (χ3n) is 3.85. The summed E-state index contributed by atoms with van der Waals surface area (Å²) < 4.78 is 1.15. The Morgan fingerprint density at radius 2 is 1.58 bits per heavy atom. The molecule has 0 saturated heterocycles. The molecule has 3 N–H and O–H groups in total. The lowest BCUT2D eigenvalue weighted by molar-refractivity contribution is 0.700. The van der Waals surface area contributed by atoms with Gasteiger partial charge >= 0.3 is 5.69 Å². The van der Waals surface area contributed by atoms with Crippen LogP contribution in [0.5, 0.6) is 0 Å². The van der Waals surface area contributed by atoms with Gasteiger partial charge in [0.1, 0.15) is 11.5 Å². The number of rotatable bonds is 4. The first-order valence-corrected chi connectivity index (χ1v) is 7.53. The number of nitrogens with two attached hydrogens (primary N) is 1. The van der Waals surface area contributed by atoms with Crippen molar-refractivity contribution in [2.75, 3.05) is 17.7 Å². The van der Waals surface area contributed by atoms with Crippen molar-refractivity contribution in [1.82, 2.24) is 9.55 Å². The van der Waals surface area contributed by atoms with Crippen LogP contribution in [-0.2, 0) is 6.54 Å². The molecule has 0 spiro atoms. The SMILES string of the molecule is CN(c1ccccc1)c1c(N)[nH]c(=O)n(Cc2ccccc2)c1=O. The topological polar surface area (TPSA) is 84.1 Å². The first-order chi connectivity index (χ1) is 11.6. The molecule has 122 valence electrons. The summed E-state index contributed by atoms with van der Waals surface area (Å²) in [5.41, 5.74) is 6.88. The van der Waals surface area contributed by atoms with Gasteiger partial charge in [0.05, 0.1) is 6.54 Å². The maximum absolute atomic E-state index is 12.9. The Morgan fingerprint density at radius 1 is 1.00 bits per heavy atom. The Hall–Kier alpha value is -3.28. The van der Waals surface area contributed by atoms with E-state index in [0.717, 1.165) is 15.8 Å². The molecular weight excluding hydrogens is 304 g/mol. The molecule has 24 heavy (non-hydrogen) atoms. The lowest BCUT2D eigenvalue weighted by atomic mass is 10.2. The van der Waals surface area contributed by atoms with Gasteiger partial charge in [-0.25, -0.2) is 4.79 Å². The number of hydrogen-bond donors (Lipinski definition) is 2. The van der Waals surface area contributed by atoms with E-state index in [2.05, 4.69) is 4.98 Å². The van der Waals surface area contributed by atoms with Crippen molar-refractivity contribution in [3.05, 3.63) is 87.1 Å². The Morgan fingerprint density at radius 3 is 2.21 bits per heavy atom. The molecule has 0 aliphatic heterocycles. The molecule has 0 amide bonds. The van der Waals surface area contributed by atoms with Gasteiger partial charge in [0, 0.05) is 12.7 Å². The van der Waals surface area contributed by atoms with Gasteiger partial charge in [-0.05, 0) is 17.7 Å². The third-order valence-corrected chi connectivity index (χ3v) is 3.85. The van der Waals surface area contributed by atoms with E-state index < -0.39 is 11.2 Å². The highest BCUT2D eigenvalue weighted by molar-refractivity contribution is 5.70. The summed E-state index contributed by atoms with van der Waals surface area (Å²) in [7, 11) is 1.74. The van der Waals surface area contributed by atoms with Crippen molar-refractivity contribution in [2.45, 2.75) is 6.54 Å². The number of nitrogens with one attached hydrogen (secondary N) is 1. The number of anilines is 3. The van der Waals surface area contributed by atoms with Crippen LogP contribution in [0.15, 0.2) is 70.3 Å². The Bertz CT molecular complexity index is 946. The van der Waals surface area contributed by atoms with Crippen molar-refractivity contribution >= 4 is 17.2 Å². The van der Waals surface area contributed by atoms with Gasteiger partial charge in [-0.2, -0.15) is 0 Å². The van der Waals surface area contributed by atoms with E-state index in [-0.39, 0.29) is 18.1 Å². The number of benzene rings is 2. The minimum Gasteiger partial charge on any atom is -0.383 e. The van der Waals surface area contributed by atoms with Crippen LogP contribution < -0.4 is 21.9 Å². The quantitative estimate of drug-likeness (QED) is 0.769. The Kier molecular flexibility index (Phi) is 4.20. The minimum atomic E-state index is -0.522. The second kappa shape index (κ2) is 6.45. The van der Waals surface area contributed by atoms with Gasteiger partial charge in [0.2, 0.25) is 0 Å².